The largest absolute Gasteiger partial charge is 0.497 e. The number of hydrogen-bond acceptors (Lipinski definition) is 6. The fraction of sp³-hybridized carbons (Fsp3) is 0.429. The average Bonchev–Trinajstić information content (AvgIpc) is 2.53. The van der Waals surface area contributed by atoms with Crippen molar-refractivity contribution in [3.8, 4) is 11.8 Å². The highest BCUT2D eigenvalue weighted by atomic mass is 33.1. The Morgan fingerprint density at radius 3 is 2.55 bits per heavy atom. The van der Waals surface area contributed by atoms with E-state index < -0.39 is 0 Å². The van der Waals surface area contributed by atoms with E-state index in [1.807, 2.05) is 24.3 Å². The van der Waals surface area contributed by atoms with Gasteiger partial charge >= 0.3 is 0 Å². The van der Waals surface area contributed by atoms with E-state index in [1.54, 1.807) is 18.1 Å². The van der Waals surface area contributed by atoms with Gasteiger partial charge in [-0.15, -0.1) is 0 Å². The Bertz CT molecular complexity index is 490. The maximum absolute atomic E-state index is 9.16. The van der Waals surface area contributed by atoms with Crippen LogP contribution in [0, 0.1) is 11.3 Å². The predicted molar refractivity (Wildman–Crippen MR) is 86.3 cm³/mol. The van der Waals surface area contributed by atoms with E-state index in [2.05, 4.69) is 15.4 Å². The molecule has 2 rings (SSSR count). The molecule has 4 nitrogen and oxygen atoms in total. The van der Waals surface area contributed by atoms with Crippen LogP contribution < -0.4 is 4.74 Å². The Morgan fingerprint density at radius 2 is 1.95 bits per heavy atom. The molecule has 0 radical (unpaired) electrons. The molecule has 0 bridgehead atoms. The minimum absolute atomic E-state index is 0.478. The molecule has 0 saturated carbocycles. The highest BCUT2D eigenvalue weighted by Gasteiger charge is 2.12. The zero-order valence-corrected chi connectivity index (χ0v) is 13.0. The van der Waals surface area contributed by atoms with Crippen molar-refractivity contribution in [1.82, 2.24) is 4.31 Å². The van der Waals surface area contributed by atoms with Crippen molar-refractivity contribution in [3.63, 3.8) is 0 Å². The van der Waals surface area contributed by atoms with Gasteiger partial charge in [0, 0.05) is 13.1 Å². The summed E-state index contributed by atoms with van der Waals surface area (Å²) in [5.41, 5.74) is 0.772. The van der Waals surface area contributed by atoms with Crippen LogP contribution in [0.3, 0.4) is 0 Å². The molecule has 0 unspecified atom stereocenters. The molecule has 0 atom stereocenters. The summed E-state index contributed by atoms with van der Waals surface area (Å²) in [7, 11) is 4.69. The fourth-order valence-electron chi connectivity index (χ4n) is 1.86. The quantitative estimate of drug-likeness (QED) is 0.364. The minimum atomic E-state index is 0.478. The van der Waals surface area contributed by atoms with E-state index in [0.29, 0.717) is 5.04 Å². The Morgan fingerprint density at radius 1 is 1.25 bits per heavy atom. The lowest BCUT2D eigenvalue weighted by molar-refractivity contribution is 0.384. The number of nitriles is 1. The summed E-state index contributed by atoms with van der Waals surface area (Å²) >= 11 is 0. The second-order valence-electron chi connectivity index (χ2n) is 4.37. The molecular weight excluding hydrogens is 290 g/mol. The molecule has 1 saturated heterocycles. The Balaban J connectivity index is 1.92. The minimum Gasteiger partial charge on any atom is -0.497 e. The van der Waals surface area contributed by atoms with Gasteiger partial charge in [0.1, 0.15) is 11.8 Å². The van der Waals surface area contributed by atoms with Crippen molar-refractivity contribution in [3.05, 3.63) is 24.3 Å². The normalized spacial score (nSPS) is 16.7. The zero-order chi connectivity index (χ0) is 14.2. The number of piperidine rings is 1. The van der Waals surface area contributed by atoms with Crippen LogP contribution in [-0.4, -0.2) is 29.5 Å². The summed E-state index contributed by atoms with van der Waals surface area (Å²) in [6.07, 6.45) is 3.79. The molecule has 0 amide bonds. The van der Waals surface area contributed by atoms with Gasteiger partial charge in [-0.2, -0.15) is 5.26 Å². The van der Waals surface area contributed by atoms with Gasteiger partial charge < -0.3 is 4.74 Å². The van der Waals surface area contributed by atoms with Gasteiger partial charge in [-0.25, -0.2) is 9.30 Å². The predicted octanol–water partition coefficient (Wildman–Crippen LogP) is 4.03. The summed E-state index contributed by atoms with van der Waals surface area (Å²) in [6, 6.07) is 9.54. The van der Waals surface area contributed by atoms with Gasteiger partial charge in [-0.3, -0.25) is 0 Å². The molecule has 0 aliphatic carbocycles. The lowest BCUT2D eigenvalue weighted by atomic mass is 10.2. The highest BCUT2D eigenvalue weighted by Crippen LogP contribution is 2.31. The first-order chi connectivity index (χ1) is 9.81. The number of rotatable bonds is 4. The standard InChI is InChI=1S/C14H17N3OS2/c1-18-13-7-5-12(6-8-13)16-14(11-15)19-20-17-9-3-2-4-10-17/h5-8H,2-4,9-10H2,1H3. The SMILES string of the molecule is COc1ccc(N=C(C#N)SSN2CCCCC2)cc1. The first-order valence-corrected chi connectivity index (χ1v) is 8.65. The first-order valence-electron chi connectivity index (χ1n) is 6.54. The molecule has 0 spiro atoms. The van der Waals surface area contributed by atoms with Gasteiger partial charge in [0.25, 0.3) is 0 Å². The van der Waals surface area contributed by atoms with Crippen LogP contribution in [0.2, 0.25) is 0 Å². The van der Waals surface area contributed by atoms with Crippen LogP contribution in [0.25, 0.3) is 0 Å². The molecule has 0 N–H and O–H groups in total. The van der Waals surface area contributed by atoms with Gasteiger partial charge in [-0.05, 0) is 58.9 Å². The lowest BCUT2D eigenvalue weighted by Gasteiger charge is -2.23. The Labute approximate surface area is 127 Å². The number of benzene rings is 1. The monoisotopic (exact) mass is 307 g/mol. The molecule has 1 heterocycles. The third-order valence-corrected chi connectivity index (χ3v) is 5.26. The fourth-order valence-corrected chi connectivity index (χ4v) is 3.83. The number of hydrogen-bond donors (Lipinski definition) is 0. The third-order valence-electron chi connectivity index (χ3n) is 2.94. The van der Waals surface area contributed by atoms with E-state index in [9.17, 15) is 0 Å². The Hall–Kier alpha value is -1.16. The molecule has 6 heteroatoms. The van der Waals surface area contributed by atoms with Crippen LogP contribution >= 0.6 is 21.8 Å². The number of ether oxygens (including phenoxy) is 1. The molecule has 106 valence electrons. The number of methoxy groups -OCH3 is 1. The summed E-state index contributed by atoms with van der Waals surface area (Å²) in [5, 5.41) is 9.64. The van der Waals surface area contributed by atoms with Gasteiger partial charge in [0.2, 0.25) is 0 Å². The van der Waals surface area contributed by atoms with Crippen LogP contribution in [0.15, 0.2) is 29.3 Å². The Kier molecular flexibility index (Phi) is 6.25. The molecule has 1 aliphatic rings. The molecule has 1 aromatic carbocycles. The van der Waals surface area contributed by atoms with Crippen molar-refractivity contribution in [2.45, 2.75) is 19.3 Å². The maximum Gasteiger partial charge on any atom is 0.186 e. The first kappa shape index (κ1) is 15.2. The average molecular weight is 307 g/mol. The zero-order valence-electron chi connectivity index (χ0n) is 11.4. The molecule has 1 aromatic rings. The summed E-state index contributed by atoms with van der Waals surface area (Å²) < 4.78 is 7.40. The summed E-state index contributed by atoms with van der Waals surface area (Å²) in [4.78, 5) is 4.35. The molecule has 1 fully saturated rings. The maximum atomic E-state index is 9.16. The number of nitrogens with zero attached hydrogens (tertiary/aromatic N) is 3. The highest BCUT2D eigenvalue weighted by molar-refractivity contribution is 8.81. The molecule has 0 aromatic heterocycles. The molecular formula is C14H17N3OS2. The van der Waals surface area contributed by atoms with Crippen LogP contribution in [0.1, 0.15) is 19.3 Å². The van der Waals surface area contributed by atoms with Crippen molar-refractivity contribution in [2.24, 2.45) is 4.99 Å². The van der Waals surface area contributed by atoms with Crippen LogP contribution in [0.5, 0.6) is 5.75 Å². The molecule has 1 aliphatic heterocycles. The van der Waals surface area contributed by atoms with Crippen LogP contribution in [-0.2, 0) is 0 Å². The van der Waals surface area contributed by atoms with E-state index in [0.717, 1.165) is 24.5 Å². The van der Waals surface area contributed by atoms with E-state index in [4.69, 9.17) is 10.00 Å². The van der Waals surface area contributed by atoms with Gasteiger partial charge in [0.15, 0.2) is 5.04 Å². The second kappa shape index (κ2) is 8.20. The lowest BCUT2D eigenvalue weighted by Crippen LogP contribution is -2.22. The van der Waals surface area contributed by atoms with Crippen LogP contribution in [0.4, 0.5) is 5.69 Å². The summed E-state index contributed by atoms with van der Waals surface area (Å²) in [6.45, 7) is 2.19. The van der Waals surface area contributed by atoms with Gasteiger partial charge in [0.05, 0.1) is 12.8 Å². The van der Waals surface area contributed by atoms with Crippen molar-refractivity contribution >= 4 is 32.5 Å². The smallest absolute Gasteiger partial charge is 0.186 e. The molecule has 20 heavy (non-hydrogen) atoms. The number of aliphatic imine (C=N–C) groups is 1. The van der Waals surface area contributed by atoms with Crippen molar-refractivity contribution < 1.29 is 4.74 Å². The van der Waals surface area contributed by atoms with Crippen molar-refractivity contribution in [1.29, 1.82) is 5.26 Å². The van der Waals surface area contributed by atoms with E-state index in [-0.39, 0.29) is 0 Å². The van der Waals surface area contributed by atoms with Gasteiger partial charge in [-0.1, -0.05) is 6.42 Å². The topological polar surface area (TPSA) is 48.6 Å². The van der Waals surface area contributed by atoms with E-state index >= 15 is 0 Å². The second-order valence-corrected chi connectivity index (χ2v) is 6.54. The summed E-state index contributed by atoms with van der Waals surface area (Å²) in [5.74, 6) is 0.790. The third kappa shape index (κ3) is 4.75. The van der Waals surface area contributed by atoms with Crippen molar-refractivity contribution in [2.75, 3.05) is 20.2 Å². The van der Waals surface area contributed by atoms with E-state index in [1.165, 1.54) is 30.1 Å².